The molecule has 0 aliphatic heterocycles. The second kappa shape index (κ2) is 7.08. The zero-order valence-corrected chi connectivity index (χ0v) is 8.36. The molecule has 0 atom stereocenters. The van der Waals surface area contributed by atoms with Gasteiger partial charge in [-0.15, -0.1) is 6.58 Å². The van der Waals surface area contributed by atoms with Crippen molar-refractivity contribution in [2.24, 2.45) is 0 Å². The maximum atomic E-state index is 10.6. The molecule has 0 saturated carbocycles. The van der Waals surface area contributed by atoms with Gasteiger partial charge in [0.05, 0.1) is 0 Å². The fourth-order valence-corrected chi connectivity index (χ4v) is 1.15. The number of ketones is 1. The molecule has 12 heavy (non-hydrogen) atoms. The average Bonchev–Trinajstić information content (AvgIpc) is 1.95. The van der Waals surface area contributed by atoms with Gasteiger partial charge in [-0.25, -0.2) is 0 Å². The van der Waals surface area contributed by atoms with E-state index in [-0.39, 0.29) is 0 Å². The second-order valence-corrected chi connectivity index (χ2v) is 3.57. The Morgan fingerprint density at radius 3 is 1.92 bits per heavy atom. The van der Waals surface area contributed by atoms with Gasteiger partial charge in [0.25, 0.3) is 0 Å². The van der Waals surface area contributed by atoms with E-state index in [1.165, 1.54) is 24.8 Å². The highest BCUT2D eigenvalue weighted by molar-refractivity contribution is 5.75. The molecule has 0 aromatic heterocycles. The Hall–Kier alpha value is -0.590. The molecule has 70 valence electrons. The minimum absolute atomic E-state index is 0.315. The summed E-state index contributed by atoms with van der Waals surface area (Å²) in [5, 5.41) is 0. The first-order valence-electron chi connectivity index (χ1n) is 4.76. The molecule has 1 nitrogen and oxygen atoms in total. The largest absolute Gasteiger partial charge is 0.300 e. The van der Waals surface area contributed by atoms with Gasteiger partial charge in [0.2, 0.25) is 0 Å². The molecule has 0 rings (SSSR count). The van der Waals surface area contributed by atoms with Crippen LogP contribution in [0.5, 0.6) is 0 Å². The number of Topliss-reactive ketones (excluding diaryl/α,β-unsaturated/α-hetero) is 1. The smallest absolute Gasteiger partial charge is 0.129 e. The Morgan fingerprint density at radius 2 is 1.50 bits per heavy atom. The lowest BCUT2D eigenvalue weighted by Crippen LogP contribution is -1.89. The maximum Gasteiger partial charge on any atom is 0.129 e. The van der Waals surface area contributed by atoms with Crippen molar-refractivity contribution in [3.63, 3.8) is 0 Å². The first-order chi connectivity index (χ1) is 5.63. The molecule has 0 amide bonds. The highest BCUT2D eigenvalue weighted by atomic mass is 16.1. The fourth-order valence-electron chi connectivity index (χ4n) is 1.15. The van der Waals surface area contributed by atoms with Crippen molar-refractivity contribution < 1.29 is 4.79 Å². The van der Waals surface area contributed by atoms with Crippen LogP contribution in [-0.4, -0.2) is 5.78 Å². The van der Waals surface area contributed by atoms with E-state index in [9.17, 15) is 4.79 Å². The molecule has 0 fully saturated rings. The number of hydrogen-bond donors (Lipinski definition) is 0. The highest BCUT2D eigenvalue weighted by Crippen LogP contribution is 2.08. The summed E-state index contributed by atoms with van der Waals surface area (Å²) in [5.74, 6) is 0.315. The lowest BCUT2D eigenvalue weighted by atomic mass is 10.1. The van der Waals surface area contributed by atoms with Crippen LogP contribution in [0.15, 0.2) is 12.2 Å². The summed E-state index contributed by atoms with van der Waals surface area (Å²) in [6.45, 7) is 7.57. The molecule has 0 saturated heterocycles. The summed E-state index contributed by atoms with van der Waals surface area (Å²) >= 11 is 0. The van der Waals surface area contributed by atoms with Gasteiger partial charge in [-0.3, -0.25) is 0 Å². The zero-order valence-electron chi connectivity index (χ0n) is 8.36. The third kappa shape index (κ3) is 9.41. The van der Waals surface area contributed by atoms with Crippen LogP contribution >= 0.6 is 0 Å². The molecule has 0 radical (unpaired) electrons. The van der Waals surface area contributed by atoms with Crippen LogP contribution in [0.2, 0.25) is 0 Å². The van der Waals surface area contributed by atoms with Crippen molar-refractivity contribution in [2.75, 3.05) is 0 Å². The van der Waals surface area contributed by atoms with Gasteiger partial charge < -0.3 is 4.79 Å². The molecule has 0 unspecified atom stereocenters. The Morgan fingerprint density at radius 1 is 1.00 bits per heavy atom. The summed E-state index contributed by atoms with van der Waals surface area (Å²) < 4.78 is 0. The minimum atomic E-state index is 0.315. The number of rotatable bonds is 7. The molecular weight excluding hydrogens is 148 g/mol. The van der Waals surface area contributed by atoms with Crippen molar-refractivity contribution in [1.82, 2.24) is 0 Å². The lowest BCUT2D eigenvalue weighted by molar-refractivity contribution is -0.117. The van der Waals surface area contributed by atoms with Crippen molar-refractivity contribution >= 4 is 5.78 Å². The third-order valence-corrected chi connectivity index (χ3v) is 1.88. The molecule has 0 aromatic rings. The minimum Gasteiger partial charge on any atom is -0.300 e. The first kappa shape index (κ1) is 11.4. The Labute approximate surface area is 75.9 Å². The predicted molar refractivity (Wildman–Crippen MR) is 53.2 cm³/mol. The van der Waals surface area contributed by atoms with E-state index in [1.807, 2.05) is 0 Å². The molecule has 0 N–H and O–H groups in total. The highest BCUT2D eigenvalue weighted by Gasteiger charge is 1.93. The van der Waals surface area contributed by atoms with Crippen molar-refractivity contribution in [2.45, 2.75) is 52.4 Å². The van der Waals surface area contributed by atoms with Gasteiger partial charge in [0.1, 0.15) is 5.78 Å². The normalized spacial score (nSPS) is 9.83. The van der Waals surface area contributed by atoms with E-state index >= 15 is 0 Å². The third-order valence-electron chi connectivity index (χ3n) is 1.88. The van der Waals surface area contributed by atoms with Crippen molar-refractivity contribution in [3.8, 4) is 0 Å². The van der Waals surface area contributed by atoms with Crippen LogP contribution in [0.1, 0.15) is 52.4 Å². The molecule has 1 heteroatoms. The van der Waals surface area contributed by atoms with E-state index in [1.54, 1.807) is 6.92 Å². The topological polar surface area (TPSA) is 17.1 Å². The van der Waals surface area contributed by atoms with E-state index in [0.29, 0.717) is 5.78 Å². The summed E-state index contributed by atoms with van der Waals surface area (Å²) in [5.41, 5.74) is 1.27. The van der Waals surface area contributed by atoms with E-state index in [0.717, 1.165) is 19.3 Å². The lowest BCUT2D eigenvalue weighted by Gasteiger charge is -1.99. The summed E-state index contributed by atoms with van der Waals surface area (Å²) in [6.07, 6.45) is 6.61. The van der Waals surface area contributed by atoms with Crippen molar-refractivity contribution in [1.29, 1.82) is 0 Å². The summed E-state index contributed by atoms with van der Waals surface area (Å²) in [7, 11) is 0. The zero-order chi connectivity index (χ0) is 9.40. The van der Waals surface area contributed by atoms with Gasteiger partial charge in [-0.2, -0.15) is 0 Å². The predicted octanol–water partition coefficient (Wildman–Crippen LogP) is 3.49. The Balaban J connectivity index is 3.01. The van der Waals surface area contributed by atoms with Gasteiger partial charge in [0, 0.05) is 6.42 Å². The summed E-state index contributed by atoms with van der Waals surface area (Å²) in [4.78, 5) is 10.6. The van der Waals surface area contributed by atoms with Crippen LogP contribution in [0.3, 0.4) is 0 Å². The number of unbranched alkanes of at least 4 members (excludes halogenated alkanes) is 3. The van der Waals surface area contributed by atoms with Crippen LogP contribution in [0, 0.1) is 0 Å². The molecule has 0 spiro atoms. The number of carbonyl (C=O) groups excluding carboxylic acids is 1. The van der Waals surface area contributed by atoms with Crippen molar-refractivity contribution in [3.05, 3.63) is 12.2 Å². The molecular formula is C11H20O. The SMILES string of the molecule is C=C(C)CCCCCCC(C)=O. The average molecular weight is 168 g/mol. The quantitative estimate of drug-likeness (QED) is 0.420. The van der Waals surface area contributed by atoms with Crippen LogP contribution in [0.25, 0.3) is 0 Å². The standard InChI is InChI=1S/C11H20O/c1-10(2)8-6-4-5-7-9-11(3)12/h1,4-9H2,2-3H3. The molecule has 0 aromatic carbocycles. The van der Waals surface area contributed by atoms with Crippen LogP contribution in [-0.2, 0) is 4.79 Å². The Kier molecular flexibility index (Phi) is 6.73. The monoisotopic (exact) mass is 168 g/mol. The maximum absolute atomic E-state index is 10.6. The second-order valence-electron chi connectivity index (χ2n) is 3.57. The van der Waals surface area contributed by atoms with Gasteiger partial charge in [0.15, 0.2) is 0 Å². The molecule has 0 bridgehead atoms. The van der Waals surface area contributed by atoms with Gasteiger partial charge in [-0.1, -0.05) is 18.4 Å². The molecule has 0 heterocycles. The van der Waals surface area contributed by atoms with Crippen LogP contribution in [0.4, 0.5) is 0 Å². The molecule has 0 aliphatic rings. The number of carbonyl (C=O) groups is 1. The van der Waals surface area contributed by atoms with E-state index in [2.05, 4.69) is 13.5 Å². The van der Waals surface area contributed by atoms with Gasteiger partial charge >= 0.3 is 0 Å². The van der Waals surface area contributed by atoms with E-state index in [4.69, 9.17) is 0 Å². The molecule has 0 aliphatic carbocycles. The summed E-state index contributed by atoms with van der Waals surface area (Å²) in [6, 6.07) is 0. The van der Waals surface area contributed by atoms with E-state index < -0.39 is 0 Å². The first-order valence-corrected chi connectivity index (χ1v) is 4.76. The number of allylic oxidation sites excluding steroid dienone is 1. The van der Waals surface area contributed by atoms with Crippen LogP contribution < -0.4 is 0 Å². The van der Waals surface area contributed by atoms with Gasteiger partial charge in [-0.05, 0) is 33.1 Å². The Bertz CT molecular complexity index is 129. The number of hydrogen-bond acceptors (Lipinski definition) is 1. The fraction of sp³-hybridized carbons (Fsp3) is 0.727.